The summed E-state index contributed by atoms with van der Waals surface area (Å²) in [6.45, 7) is 0.859. The predicted molar refractivity (Wildman–Crippen MR) is 95.0 cm³/mol. The van der Waals surface area contributed by atoms with E-state index in [9.17, 15) is 9.59 Å². The molecule has 0 bridgehead atoms. The van der Waals surface area contributed by atoms with Crippen molar-refractivity contribution in [1.82, 2.24) is 10.2 Å². The van der Waals surface area contributed by atoms with E-state index >= 15 is 0 Å². The maximum Gasteiger partial charge on any atom is 0.227 e. The first kappa shape index (κ1) is 17.2. The molecule has 6 nitrogen and oxygen atoms in total. The van der Waals surface area contributed by atoms with Crippen molar-refractivity contribution in [3.63, 3.8) is 0 Å². The summed E-state index contributed by atoms with van der Waals surface area (Å²) in [6, 6.07) is 13.1. The van der Waals surface area contributed by atoms with Crippen LogP contribution in [0.1, 0.15) is 18.2 Å². The van der Waals surface area contributed by atoms with Crippen LogP contribution in [-0.4, -0.2) is 43.9 Å². The lowest BCUT2D eigenvalue weighted by Gasteiger charge is -2.23. The molecule has 0 radical (unpaired) electrons. The van der Waals surface area contributed by atoms with Crippen LogP contribution in [0.5, 0.6) is 0 Å². The van der Waals surface area contributed by atoms with Crippen LogP contribution < -0.4 is 10.2 Å². The molecule has 0 spiro atoms. The van der Waals surface area contributed by atoms with Crippen molar-refractivity contribution in [2.75, 3.05) is 32.1 Å². The number of hydrogen-bond acceptors (Lipinski definition) is 4. The number of carbonyl (C=O) groups is 2. The zero-order valence-corrected chi connectivity index (χ0v) is 14.5. The van der Waals surface area contributed by atoms with Crippen molar-refractivity contribution >= 4 is 17.5 Å². The lowest BCUT2D eigenvalue weighted by molar-refractivity contribution is -0.126. The molecule has 2 heterocycles. The summed E-state index contributed by atoms with van der Waals surface area (Å²) in [5.41, 5.74) is 0.838. The maximum absolute atomic E-state index is 12.5. The Balaban J connectivity index is 1.59. The van der Waals surface area contributed by atoms with Crippen LogP contribution in [-0.2, 0) is 9.59 Å². The van der Waals surface area contributed by atoms with Crippen LogP contribution in [0.25, 0.3) is 0 Å². The molecule has 1 saturated heterocycles. The van der Waals surface area contributed by atoms with Crippen LogP contribution in [0.4, 0.5) is 5.69 Å². The quantitative estimate of drug-likeness (QED) is 0.873. The molecular weight excluding hydrogens is 318 g/mol. The fraction of sp³-hybridized carbons (Fsp3) is 0.368. The van der Waals surface area contributed by atoms with Crippen molar-refractivity contribution in [2.24, 2.45) is 5.92 Å². The Bertz CT molecular complexity index is 713. The summed E-state index contributed by atoms with van der Waals surface area (Å²) in [6.07, 6.45) is 1.87. The summed E-state index contributed by atoms with van der Waals surface area (Å²) < 4.78 is 5.45. The Morgan fingerprint density at radius 3 is 2.68 bits per heavy atom. The van der Waals surface area contributed by atoms with E-state index in [1.807, 2.05) is 61.5 Å². The Morgan fingerprint density at radius 2 is 2.04 bits per heavy atom. The molecule has 2 atom stereocenters. The summed E-state index contributed by atoms with van der Waals surface area (Å²) in [7, 11) is 3.88. The van der Waals surface area contributed by atoms with Gasteiger partial charge in [0.05, 0.1) is 18.2 Å². The normalized spacial score (nSPS) is 18.6. The Labute approximate surface area is 147 Å². The van der Waals surface area contributed by atoms with Gasteiger partial charge in [0.2, 0.25) is 11.8 Å². The maximum atomic E-state index is 12.5. The van der Waals surface area contributed by atoms with Crippen molar-refractivity contribution in [3.8, 4) is 0 Å². The number of amides is 2. The molecule has 1 aromatic heterocycles. The number of furan rings is 1. The molecule has 6 heteroatoms. The van der Waals surface area contributed by atoms with Crippen molar-refractivity contribution < 1.29 is 14.0 Å². The first-order valence-electron chi connectivity index (χ1n) is 8.39. The number of nitrogens with zero attached hydrogens (tertiary/aromatic N) is 2. The lowest BCUT2D eigenvalue weighted by atomic mass is 10.1. The van der Waals surface area contributed by atoms with Crippen molar-refractivity contribution in [1.29, 1.82) is 0 Å². The molecule has 2 aromatic rings. The van der Waals surface area contributed by atoms with Gasteiger partial charge in [0.1, 0.15) is 5.76 Å². The molecule has 2 amide bonds. The van der Waals surface area contributed by atoms with E-state index in [1.165, 1.54) is 0 Å². The zero-order chi connectivity index (χ0) is 17.8. The Morgan fingerprint density at radius 1 is 1.28 bits per heavy atom. The van der Waals surface area contributed by atoms with Crippen LogP contribution >= 0.6 is 0 Å². The van der Waals surface area contributed by atoms with Gasteiger partial charge in [0, 0.05) is 25.2 Å². The smallest absolute Gasteiger partial charge is 0.227 e. The summed E-state index contributed by atoms with van der Waals surface area (Å²) in [5, 5.41) is 2.97. The molecule has 1 aliphatic heterocycles. The zero-order valence-electron chi connectivity index (χ0n) is 14.5. The van der Waals surface area contributed by atoms with E-state index in [2.05, 4.69) is 5.32 Å². The number of carbonyl (C=O) groups excluding carboxylic acids is 2. The van der Waals surface area contributed by atoms with E-state index in [1.54, 1.807) is 11.2 Å². The minimum atomic E-state index is -0.327. The van der Waals surface area contributed by atoms with Gasteiger partial charge < -0.3 is 14.6 Å². The number of hydrogen-bond donors (Lipinski definition) is 1. The monoisotopic (exact) mass is 341 g/mol. The van der Waals surface area contributed by atoms with Crippen LogP contribution in [0.3, 0.4) is 0 Å². The highest BCUT2D eigenvalue weighted by Crippen LogP contribution is 2.25. The third kappa shape index (κ3) is 3.91. The van der Waals surface area contributed by atoms with Crippen LogP contribution in [0.15, 0.2) is 53.1 Å². The molecule has 132 valence electrons. The largest absolute Gasteiger partial charge is 0.468 e. The summed E-state index contributed by atoms with van der Waals surface area (Å²) in [4.78, 5) is 28.4. The van der Waals surface area contributed by atoms with Gasteiger partial charge in [-0.05, 0) is 38.4 Å². The predicted octanol–water partition coefficient (Wildman–Crippen LogP) is 2.05. The highest BCUT2D eigenvalue weighted by Gasteiger charge is 2.35. The van der Waals surface area contributed by atoms with Gasteiger partial charge in [-0.1, -0.05) is 18.2 Å². The standard InChI is InChI=1S/C19H23N3O3/c1-21(2)16(17-9-6-10-25-17)12-20-19(24)14-11-18(23)22(13-14)15-7-4-3-5-8-15/h3-10,14,16H,11-13H2,1-2H3,(H,20,24)/t14-,16-/m1/s1. The third-order valence-corrected chi connectivity index (χ3v) is 4.53. The molecule has 0 aliphatic carbocycles. The van der Waals surface area contributed by atoms with E-state index < -0.39 is 0 Å². The molecule has 0 saturated carbocycles. The van der Waals surface area contributed by atoms with Gasteiger partial charge in [-0.3, -0.25) is 14.5 Å². The van der Waals surface area contributed by atoms with E-state index in [0.717, 1.165) is 11.4 Å². The number of para-hydroxylation sites is 1. The lowest BCUT2D eigenvalue weighted by Crippen LogP contribution is -2.38. The SMILES string of the molecule is CN(C)[C@H](CNC(=O)[C@@H]1CC(=O)N(c2ccccc2)C1)c1ccco1. The molecular formula is C19H23N3O3. The molecule has 3 rings (SSSR count). The minimum absolute atomic E-state index is 0.0125. The van der Waals surface area contributed by atoms with Crippen molar-refractivity contribution in [2.45, 2.75) is 12.5 Å². The number of rotatable bonds is 6. The van der Waals surface area contributed by atoms with Crippen LogP contribution in [0.2, 0.25) is 0 Å². The minimum Gasteiger partial charge on any atom is -0.468 e. The van der Waals surface area contributed by atoms with Gasteiger partial charge in [-0.2, -0.15) is 0 Å². The second-order valence-corrected chi connectivity index (χ2v) is 6.48. The third-order valence-electron chi connectivity index (χ3n) is 4.53. The molecule has 1 fully saturated rings. The summed E-state index contributed by atoms with van der Waals surface area (Å²) >= 11 is 0. The van der Waals surface area contributed by atoms with E-state index in [4.69, 9.17) is 4.42 Å². The van der Waals surface area contributed by atoms with Gasteiger partial charge in [-0.15, -0.1) is 0 Å². The number of benzene rings is 1. The van der Waals surface area contributed by atoms with Gasteiger partial charge >= 0.3 is 0 Å². The first-order valence-corrected chi connectivity index (χ1v) is 8.39. The average Bonchev–Trinajstić information content (AvgIpc) is 3.25. The highest BCUT2D eigenvalue weighted by atomic mass is 16.3. The van der Waals surface area contributed by atoms with E-state index in [0.29, 0.717) is 13.1 Å². The molecule has 1 aromatic carbocycles. The average molecular weight is 341 g/mol. The second-order valence-electron chi connectivity index (χ2n) is 6.48. The second kappa shape index (κ2) is 7.53. The van der Waals surface area contributed by atoms with Crippen molar-refractivity contribution in [3.05, 3.63) is 54.5 Å². The fourth-order valence-electron chi connectivity index (χ4n) is 3.10. The fourth-order valence-corrected chi connectivity index (χ4v) is 3.10. The van der Waals surface area contributed by atoms with Gasteiger partial charge in [0.25, 0.3) is 0 Å². The highest BCUT2D eigenvalue weighted by molar-refractivity contribution is 6.00. The first-order chi connectivity index (χ1) is 12.1. The van der Waals surface area contributed by atoms with E-state index in [-0.39, 0.29) is 30.2 Å². The molecule has 1 N–H and O–H groups in total. The number of anilines is 1. The van der Waals surface area contributed by atoms with Gasteiger partial charge in [0.15, 0.2) is 0 Å². The molecule has 0 unspecified atom stereocenters. The summed E-state index contributed by atoms with van der Waals surface area (Å²) in [5.74, 6) is 0.373. The molecule has 1 aliphatic rings. The van der Waals surface area contributed by atoms with Crippen LogP contribution in [0, 0.1) is 5.92 Å². The Kier molecular flexibility index (Phi) is 5.19. The topological polar surface area (TPSA) is 65.8 Å². The van der Waals surface area contributed by atoms with Gasteiger partial charge in [-0.25, -0.2) is 0 Å². The number of likely N-dealkylation sites (N-methyl/N-ethyl adjacent to an activating group) is 1. The number of nitrogens with one attached hydrogen (secondary N) is 1. The molecule has 25 heavy (non-hydrogen) atoms. The Hall–Kier alpha value is -2.60.